The first-order valence-corrected chi connectivity index (χ1v) is 6.13. The van der Waals surface area contributed by atoms with Gasteiger partial charge in [-0.1, -0.05) is 35.3 Å². The molecule has 0 atom stereocenters. The van der Waals surface area contributed by atoms with Crippen LogP contribution in [-0.2, 0) is 0 Å². The summed E-state index contributed by atoms with van der Waals surface area (Å²) in [5.74, 6) is -1.28. The van der Waals surface area contributed by atoms with Gasteiger partial charge in [-0.2, -0.15) is 0 Å². The molecule has 1 N–H and O–H groups in total. The van der Waals surface area contributed by atoms with E-state index in [1.807, 2.05) is 0 Å². The highest BCUT2D eigenvalue weighted by Gasteiger charge is 2.19. The standard InChI is InChI=1S/C13H7Cl2NO4/c14-11-3-1-2-9(12(11)15)8-5-4-7(16(19)20)6-10(8)13(17)18/h1-6H,(H,17,18). The SMILES string of the molecule is O=C(O)c1cc([N+](=O)[O-])ccc1-c1cccc(Cl)c1Cl. The highest BCUT2D eigenvalue weighted by Crippen LogP contribution is 2.36. The molecular formula is C13H7Cl2NO4. The summed E-state index contributed by atoms with van der Waals surface area (Å²) in [6.07, 6.45) is 0. The molecule has 102 valence electrons. The first kappa shape index (κ1) is 14.3. The molecule has 0 fully saturated rings. The third-order valence-electron chi connectivity index (χ3n) is 2.69. The van der Waals surface area contributed by atoms with Crippen LogP contribution in [0.3, 0.4) is 0 Å². The maximum atomic E-state index is 11.3. The van der Waals surface area contributed by atoms with Crippen molar-refractivity contribution in [2.24, 2.45) is 0 Å². The maximum absolute atomic E-state index is 11.3. The molecule has 2 rings (SSSR count). The molecule has 0 aromatic heterocycles. The fourth-order valence-corrected chi connectivity index (χ4v) is 2.17. The summed E-state index contributed by atoms with van der Waals surface area (Å²) in [6, 6.07) is 8.35. The van der Waals surface area contributed by atoms with E-state index in [2.05, 4.69) is 0 Å². The van der Waals surface area contributed by atoms with Gasteiger partial charge in [0.05, 0.1) is 20.5 Å². The molecule has 0 aliphatic rings. The number of nitro groups is 1. The van der Waals surface area contributed by atoms with E-state index < -0.39 is 10.9 Å². The monoisotopic (exact) mass is 311 g/mol. The average Bonchev–Trinajstić information content (AvgIpc) is 2.41. The predicted molar refractivity (Wildman–Crippen MR) is 75.5 cm³/mol. The van der Waals surface area contributed by atoms with Gasteiger partial charge in [0.15, 0.2) is 0 Å². The number of carboxylic acids is 1. The molecule has 7 heteroatoms. The number of non-ortho nitro benzene ring substituents is 1. The van der Waals surface area contributed by atoms with Gasteiger partial charge in [0.1, 0.15) is 0 Å². The van der Waals surface area contributed by atoms with Gasteiger partial charge in [0.2, 0.25) is 0 Å². The van der Waals surface area contributed by atoms with Crippen LogP contribution in [-0.4, -0.2) is 16.0 Å². The number of rotatable bonds is 3. The second-order valence-corrected chi connectivity index (χ2v) is 4.68. The Morgan fingerprint density at radius 2 is 1.85 bits per heavy atom. The van der Waals surface area contributed by atoms with Crippen LogP contribution in [0.1, 0.15) is 10.4 Å². The van der Waals surface area contributed by atoms with Crippen molar-refractivity contribution in [1.82, 2.24) is 0 Å². The van der Waals surface area contributed by atoms with Crippen molar-refractivity contribution >= 4 is 34.9 Å². The Hall–Kier alpha value is -2.11. The molecule has 20 heavy (non-hydrogen) atoms. The molecule has 0 spiro atoms. The Labute approximate surface area is 123 Å². The normalized spacial score (nSPS) is 10.3. The van der Waals surface area contributed by atoms with Gasteiger partial charge < -0.3 is 5.11 Å². The van der Waals surface area contributed by atoms with Crippen LogP contribution in [0.4, 0.5) is 5.69 Å². The number of nitrogens with zero attached hydrogens (tertiary/aromatic N) is 1. The minimum absolute atomic E-state index is 0.200. The Bertz CT molecular complexity index is 716. The molecule has 0 saturated carbocycles. The minimum atomic E-state index is -1.28. The van der Waals surface area contributed by atoms with Crippen molar-refractivity contribution in [3.8, 4) is 11.1 Å². The van der Waals surface area contributed by atoms with E-state index in [4.69, 9.17) is 23.2 Å². The molecule has 0 aliphatic heterocycles. The van der Waals surface area contributed by atoms with Crippen LogP contribution in [0.15, 0.2) is 36.4 Å². The summed E-state index contributed by atoms with van der Waals surface area (Å²) in [7, 11) is 0. The molecule has 5 nitrogen and oxygen atoms in total. The van der Waals surface area contributed by atoms with E-state index in [-0.39, 0.29) is 26.9 Å². The predicted octanol–water partition coefficient (Wildman–Crippen LogP) is 4.27. The van der Waals surface area contributed by atoms with Gasteiger partial charge in [-0.15, -0.1) is 0 Å². The van der Waals surface area contributed by atoms with E-state index in [0.717, 1.165) is 6.07 Å². The summed E-state index contributed by atoms with van der Waals surface area (Å²) in [5, 5.41) is 20.4. The molecule has 2 aromatic rings. The first-order chi connectivity index (χ1) is 9.41. The number of carboxylic acid groups (broad SMARTS) is 1. The van der Waals surface area contributed by atoms with Crippen LogP contribution in [0.2, 0.25) is 10.0 Å². The van der Waals surface area contributed by atoms with E-state index in [0.29, 0.717) is 5.56 Å². The van der Waals surface area contributed by atoms with Gasteiger partial charge in [-0.25, -0.2) is 4.79 Å². The molecule has 0 amide bonds. The Kier molecular flexibility index (Phi) is 3.92. The number of nitro benzene ring substituents is 1. The molecule has 0 bridgehead atoms. The summed E-state index contributed by atoms with van der Waals surface area (Å²) < 4.78 is 0. The zero-order valence-corrected chi connectivity index (χ0v) is 11.4. The quantitative estimate of drug-likeness (QED) is 0.678. The molecule has 0 unspecified atom stereocenters. The van der Waals surface area contributed by atoms with Crippen LogP contribution < -0.4 is 0 Å². The molecule has 0 aliphatic carbocycles. The molecule has 0 saturated heterocycles. The van der Waals surface area contributed by atoms with Gasteiger partial charge in [-0.3, -0.25) is 10.1 Å². The number of hydrogen-bond acceptors (Lipinski definition) is 3. The smallest absolute Gasteiger partial charge is 0.336 e. The largest absolute Gasteiger partial charge is 0.478 e. The van der Waals surface area contributed by atoms with Crippen molar-refractivity contribution in [1.29, 1.82) is 0 Å². The zero-order chi connectivity index (χ0) is 14.9. The second-order valence-electron chi connectivity index (χ2n) is 3.89. The molecular weight excluding hydrogens is 305 g/mol. The lowest BCUT2D eigenvalue weighted by Gasteiger charge is -2.09. The average molecular weight is 312 g/mol. The van der Waals surface area contributed by atoms with Crippen LogP contribution >= 0.6 is 23.2 Å². The zero-order valence-electron chi connectivity index (χ0n) is 9.84. The van der Waals surface area contributed by atoms with E-state index in [9.17, 15) is 20.0 Å². The van der Waals surface area contributed by atoms with E-state index in [1.165, 1.54) is 12.1 Å². The summed E-state index contributed by atoms with van der Waals surface area (Å²) in [6.45, 7) is 0. The fraction of sp³-hybridized carbons (Fsp3) is 0. The van der Waals surface area contributed by atoms with E-state index in [1.54, 1.807) is 18.2 Å². The number of halogens is 2. The lowest BCUT2D eigenvalue weighted by molar-refractivity contribution is -0.384. The van der Waals surface area contributed by atoms with E-state index >= 15 is 0 Å². The van der Waals surface area contributed by atoms with Gasteiger partial charge in [-0.05, 0) is 17.7 Å². The topological polar surface area (TPSA) is 80.4 Å². The first-order valence-electron chi connectivity index (χ1n) is 5.38. The highest BCUT2D eigenvalue weighted by atomic mass is 35.5. The van der Waals surface area contributed by atoms with Crippen LogP contribution in [0.5, 0.6) is 0 Å². The number of aromatic carboxylic acids is 1. The Morgan fingerprint density at radius 3 is 2.45 bits per heavy atom. The minimum Gasteiger partial charge on any atom is -0.478 e. The number of benzene rings is 2. The molecule has 0 heterocycles. The third kappa shape index (κ3) is 2.59. The van der Waals surface area contributed by atoms with Gasteiger partial charge in [0.25, 0.3) is 5.69 Å². The number of carbonyl (C=O) groups is 1. The van der Waals surface area contributed by atoms with Gasteiger partial charge in [0, 0.05) is 17.7 Å². The highest BCUT2D eigenvalue weighted by molar-refractivity contribution is 6.43. The van der Waals surface area contributed by atoms with Crippen molar-refractivity contribution in [3.63, 3.8) is 0 Å². The van der Waals surface area contributed by atoms with Crippen molar-refractivity contribution in [3.05, 3.63) is 62.1 Å². The summed E-state index contributed by atoms with van der Waals surface area (Å²) in [4.78, 5) is 21.3. The van der Waals surface area contributed by atoms with Crippen molar-refractivity contribution < 1.29 is 14.8 Å². The van der Waals surface area contributed by atoms with Crippen LogP contribution in [0, 0.1) is 10.1 Å². The Morgan fingerprint density at radius 1 is 1.15 bits per heavy atom. The molecule has 0 radical (unpaired) electrons. The fourth-order valence-electron chi connectivity index (χ4n) is 1.77. The lowest BCUT2D eigenvalue weighted by atomic mass is 9.99. The maximum Gasteiger partial charge on any atom is 0.336 e. The summed E-state index contributed by atoms with van der Waals surface area (Å²) >= 11 is 11.9. The van der Waals surface area contributed by atoms with Gasteiger partial charge >= 0.3 is 5.97 Å². The number of hydrogen-bond donors (Lipinski definition) is 1. The van der Waals surface area contributed by atoms with Crippen molar-refractivity contribution in [2.75, 3.05) is 0 Å². The second kappa shape index (κ2) is 5.48. The lowest BCUT2D eigenvalue weighted by Crippen LogP contribution is -2.01. The molecule has 2 aromatic carbocycles. The summed E-state index contributed by atoms with van der Waals surface area (Å²) in [5.41, 5.74) is 0.176. The van der Waals surface area contributed by atoms with Crippen LogP contribution in [0.25, 0.3) is 11.1 Å². The third-order valence-corrected chi connectivity index (χ3v) is 3.51. The Balaban J connectivity index is 2.71. The van der Waals surface area contributed by atoms with Crippen molar-refractivity contribution in [2.45, 2.75) is 0 Å².